The highest BCUT2D eigenvalue weighted by Gasteiger charge is 2.29. The number of aromatic nitrogens is 1. The Morgan fingerprint density at radius 3 is 2.15 bits per heavy atom. The molecule has 0 spiro atoms. The van der Waals surface area contributed by atoms with E-state index in [4.69, 9.17) is 14.0 Å². The summed E-state index contributed by atoms with van der Waals surface area (Å²) in [5, 5.41) is 7.41. The predicted octanol–water partition coefficient (Wildman–Crippen LogP) is 8.42. The largest absolute Gasteiger partial charge is 0.488 e. The van der Waals surface area contributed by atoms with Crippen molar-refractivity contribution in [3.63, 3.8) is 0 Å². The van der Waals surface area contributed by atoms with Crippen LogP contribution in [0.5, 0.6) is 11.5 Å². The third kappa shape index (κ3) is 7.42. The molecule has 0 unspecified atom stereocenters. The van der Waals surface area contributed by atoms with Gasteiger partial charge in [0.05, 0.1) is 11.1 Å². The van der Waals surface area contributed by atoms with Gasteiger partial charge in [0.15, 0.2) is 11.5 Å². The van der Waals surface area contributed by atoms with Gasteiger partial charge >= 0.3 is 0 Å². The molecule has 0 radical (unpaired) electrons. The third-order valence-corrected chi connectivity index (χ3v) is 8.48. The van der Waals surface area contributed by atoms with Crippen molar-refractivity contribution in [2.45, 2.75) is 65.8 Å². The van der Waals surface area contributed by atoms with E-state index >= 15 is 0 Å². The molecular formula is C40H43N3O4. The summed E-state index contributed by atoms with van der Waals surface area (Å²) in [6.45, 7) is 10.8. The molecule has 1 aromatic heterocycles. The first-order valence-corrected chi connectivity index (χ1v) is 16.4. The summed E-state index contributed by atoms with van der Waals surface area (Å²) in [5.74, 6) is 1.69. The second-order valence-electron chi connectivity index (χ2n) is 12.9. The fourth-order valence-corrected chi connectivity index (χ4v) is 6.00. The Morgan fingerprint density at radius 2 is 1.51 bits per heavy atom. The van der Waals surface area contributed by atoms with E-state index in [9.17, 15) is 4.79 Å². The molecule has 1 amide bonds. The Labute approximate surface area is 277 Å². The minimum absolute atomic E-state index is 0.0621. The normalized spacial score (nSPS) is 13.1. The molecular weight excluding hydrogens is 586 g/mol. The van der Waals surface area contributed by atoms with Gasteiger partial charge in [0.1, 0.15) is 24.7 Å². The van der Waals surface area contributed by atoms with E-state index in [0.717, 1.165) is 53.1 Å². The van der Waals surface area contributed by atoms with Crippen LogP contribution in [0.2, 0.25) is 0 Å². The van der Waals surface area contributed by atoms with E-state index in [2.05, 4.69) is 72.7 Å². The molecule has 0 saturated carbocycles. The second kappa shape index (κ2) is 14.3. The smallest absolute Gasteiger partial charge is 0.274 e. The number of rotatable bonds is 11. The van der Waals surface area contributed by atoms with Crippen molar-refractivity contribution in [1.29, 1.82) is 0 Å². The van der Waals surface area contributed by atoms with E-state index < -0.39 is 0 Å². The highest BCUT2D eigenvalue weighted by atomic mass is 16.5. The predicted molar refractivity (Wildman–Crippen MR) is 186 cm³/mol. The Balaban J connectivity index is 1.50. The molecule has 1 aliphatic heterocycles. The topological polar surface area (TPSA) is 76.8 Å². The number of hydrogen-bond acceptors (Lipinski definition) is 6. The number of nitrogens with one attached hydrogen (secondary N) is 1. The molecule has 1 N–H and O–H groups in total. The van der Waals surface area contributed by atoms with Gasteiger partial charge in [-0.1, -0.05) is 97.9 Å². The number of amides is 1. The summed E-state index contributed by atoms with van der Waals surface area (Å²) < 4.78 is 19.2. The quantitative estimate of drug-likeness (QED) is 0.158. The highest BCUT2D eigenvalue weighted by Crippen LogP contribution is 2.45. The maximum absolute atomic E-state index is 13.6. The molecule has 7 heteroatoms. The van der Waals surface area contributed by atoms with Gasteiger partial charge in [-0.2, -0.15) is 0 Å². The summed E-state index contributed by atoms with van der Waals surface area (Å²) in [4.78, 5) is 15.9. The van der Waals surface area contributed by atoms with E-state index in [1.165, 1.54) is 11.1 Å². The molecule has 4 aromatic carbocycles. The average molecular weight is 630 g/mol. The van der Waals surface area contributed by atoms with Crippen molar-refractivity contribution in [1.82, 2.24) is 15.4 Å². The Kier molecular flexibility index (Phi) is 9.73. The number of carbonyl (C=O) groups is 1. The third-order valence-electron chi connectivity index (χ3n) is 8.48. The molecule has 7 nitrogen and oxygen atoms in total. The van der Waals surface area contributed by atoms with Crippen LogP contribution in [-0.4, -0.2) is 35.6 Å². The summed E-state index contributed by atoms with van der Waals surface area (Å²) >= 11 is 0. The van der Waals surface area contributed by atoms with Crippen molar-refractivity contribution >= 4 is 5.91 Å². The van der Waals surface area contributed by atoms with Crippen LogP contribution in [0.1, 0.15) is 71.9 Å². The van der Waals surface area contributed by atoms with Crippen LogP contribution in [0.4, 0.5) is 0 Å². The van der Waals surface area contributed by atoms with Crippen molar-refractivity contribution in [3.8, 4) is 33.9 Å². The SMILES string of the molecule is CC(C)NC(=O)c1noc(-c2cc(C(C)C)c(OCc3ccccc3)cc2OCc2ccccc2)c1-c1ccc2c(c1)CCN(C)C2. The fourth-order valence-electron chi connectivity index (χ4n) is 6.00. The van der Waals surface area contributed by atoms with Crippen LogP contribution in [0.15, 0.2) is 95.5 Å². The van der Waals surface area contributed by atoms with Gasteiger partial charge in [0, 0.05) is 25.2 Å². The van der Waals surface area contributed by atoms with E-state index in [1.54, 1.807) is 0 Å². The molecule has 2 heterocycles. The molecule has 0 fully saturated rings. The van der Waals surface area contributed by atoms with Crippen LogP contribution in [0.25, 0.3) is 22.5 Å². The Hall–Kier alpha value is -4.88. The van der Waals surface area contributed by atoms with Crippen molar-refractivity contribution in [2.75, 3.05) is 13.6 Å². The Bertz CT molecular complexity index is 1830. The van der Waals surface area contributed by atoms with E-state index in [0.29, 0.717) is 30.3 Å². The van der Waals surface area contributed by atoms with Gasteiger partial charge in [-0.15, -0.1) is 0 Å². The fraction of sp³-hybridized carbons (Fsp3) is 0.300. The lowest BCUT2D eigenvalue weighted by molar-refractivity contribution is 0.0934. The molecule has 0 bridgehead atoms. The zero-order chi connectivity index (χ0) is 32.9. The number of hydrogen-bond donors (Lipinski definition) is 1. The van der Waals surface area contributed by atoms with E-state index in [-0.39, 0.29) is 23.6 Å². The molecule has 0 saturated heterocycles. The van der Waals surface area contributed by atoms with Crippen LogP contribution in [-0.2, 0) is 26.2 Å². The zero-order valence-electron chi connectivity index (χ0n) is 27.9. The van der Waals surface area contributed by atoms with Crippen LogP contribution >= 0.6 is 0 Å². The number of nitrogens with zero attached hydrogens (tertiary/aromatic N) is 2. The summed E-state index contributed by atoms with van der Waals surface area (Å²) in [7, 11) is 2.14. The lowest BCUT2D eigenvalue weighted by Crippen LogP contribution is -2.30. The molecule has 0 aliphatic carbocycles. The highest BCUT2D eigenvalue weighted by molar-refractivity contribution is 6.03. The van der Waals surface area contributed by atoms with Gasteiger partial charge in [-0.05, 0) is 72.7 Å². The average Bonchev–Trinajstić information content (AvgIpc) is 3.52. The van der Waals surface area contributed by atoms with Crippen LogP contribution < -0.4 is 14.8 Å². The lowest BCUT2D eigenvalue weighted by atomic mass is 9.91. The minimum atomic E-state index is -0.277. The van der Waals surface area contributed by atoms with Crippen LogP contribution in [0.3, 0.4) is 0 Å². The monoisotopic (exact) mass is 629 g/mol. The maximum Gasteiger partial charge on any atom is 0.274 e. The summed E-state index contributed by atoms with van der Waals surface area (Å²) in [6.07, 6.45) is 0.935. The standard InChI is InChI=1S/C40H43N3O4/c1-26(2)33-21-34(36(46-25-29-14-10-7-11-15-29)22-35(33)45-24-28-12-8-6-9-13-28)39-37(38(42-47-39)40(44)41-27(3)4)31-16-17-32-23-43(5)19-18-30(32)20-31/h6-17,20-22,26-27H,18-19,23-25H2,1-5H3,(H,41,44). The van der Waals surface area contributed by atoms with Gasteiger partial charge in [-0.25, -0.2) is 0 Å². The van der Waals surface area contributed by atoms with Gasteiger partial charge in [0.2, 0.25) is 0 Å². The number of ether oxygens (including phenoxy) is 2. The summed E-state index contributed by atoms with van der Waals surface area (Å²) in [6, 6.07) is 30.6. The van der Waals surface area contributed by atoms with Crippen LogP contribution in [0, 0.1) is 0 Å². The second-order valence-corrected chi connectivity index (χ2v) is 12.9. The molecule has 0 atom stereocenters. The maximum atomic E-state index is 13.6. The molecule has 47 heavy (non-hydrogen) atoms. The lowest BCUT2D eigenvalue weighted by Gasteiger charge is -2.25. The number of fused-ring (bicyclic) bond motifs is 1. The number of likely N-dealkylation sites (N-methyl/N-ethyl adjacent to an activating group) is 1. The zero-order valence-corrected chi connectivity index (χ0v) is 27.9. The molecule has 6 rings (SSSR count). The number of benzene rings is 4. The molecule has 242 valence electrons. The molecule has 5 aromatic rings. The Morgan fingerprint density at radius 1 is 0.851 bits per heavy atom. The van der Waals surface area contributed by atoms with Gasteiger partial charge in [-0.3, -0.25) is 4.79 Å². The first-order chi connectivity index (χ1) is 22.8. The first-order valence-electron chi connectivity index (χ1n) is 16.4. The van der Waals surface area contributed by atoms with Gasteiger partial charge < -0.3 is 24.2 Å². The van der Waals surface area contributed by atoms with Crippen molar-refractivity contribution in [2.24, 2.45) is 0 Å². The first kappa shape index (κ1) is 32.1. The van der Waals surface area contributed by atoms with Gasteiger partial charge in [0.25, 0.3) is 5.91 Å². The summed E-state index contributed by atoms with van der Waals surface area (Å²) in [5.41, 5.74) is 8.21. The van der Waals surface area contributed by atoms with Crippen molar-refractivity contribution in [3.05, 3.63) is 125 Å². The van der Waals surface area contributed by atoms with E-state index in [1.807, 2.05) is 68.4 Å². The molecule has 1 aliphatic rings. The number of carbonyl (C=O) groups excluding carboxylic acids is 1. The van der Waals surface area contributed by atoms with Crippen molar-refractivity contribution < 1.29 is 18.8 Å². The minimum Gasteiger partial charge on any atom is -0.488 e.